The van der Waals surface area contributed by atoms with Crippen LogP contribution in [0.25, 0.3) is 10.8 Å². The second-order valence-corrected chi connectivity index (χ2v) is 6.48. The van der Waals surface area contributed by atoms with Crippen molar-refractivity contribution in [2.24, 2.45) is 0 Å². The van der Waals surface area contributed by atoms with Gasteiger partial charge in [0.2, 0.25) is 0 Å². The third-order valence-corrected chi connectivity index (χ3v) is 5.74. The van der Waals surface area contributed by atoms with Crippen molar-refractivity contribution in [3.63, 3.8) is 0 Å². The Morgan fingerprint density at radius 1 is 0.905 bits per heavy atom. The third-order valence-electron chi connectivity index (χ3n) is 3.52. The summed E-state index contributed by atoms with van der Waals surface area (Å²) in [5.41, 5.74) is 1.21. The van der Waals surface area contributed by atoms with Crippen molar-refractivity contribution in [1.82, 2.24) is 0 Å². The maximum absolute atomic E-state index is 5.46. The molecule has 0 aliphatic carbocycles. The highest BCUT2D eigenvalue weighted by atomic mass is 79.9. The quantitative estimate of drug-likeness (QED) is 0.578. The number of thiophene rings is 1. The van der Waals surface area contributed by atoms with Gasteiger partial charge in [0, 0.05) is 5.39 Å². The first kappa shape index (κ1) is 14.4. The first-order chi connectivity index (χ1) is 10.3. The maximum atomic E-state index is 5.46. The minimum Gasteiger partial charge on any atom is -0.496 e. The van der Waals surface area contributed by atoms with Gasteiger partial charge < -0.3 is 9.47 Å². The Morgan fingerprint density at radius 3 is 2.33 bits per heavy atom. The Morgan fingerprint density at radius 2 is 1.62 bits per heavy atom. The van der Waals surface area contributed by atoms with E-state index in [1.807, 2.05) is 23.6 Å². The van der Waals surface area contributed by atoms with E-state index in [1.54, 1.807) is 25.6 Å². The van der Waals surface area contributed by atoms with Gasteiger partial charge in [-0.2, -0.15) is 0 Å². The molecular formula is C17H15BrO2S. The fourth-order valence-electron chi connectivity index (χ4n) is 2.50. The molecule has 4 heteroatoms. The summed E-state index contributed by atoms with van der Waals surface area (Å²) in [6.07, 6.45) is 0. The van der Waals surface area contributed by atoms with Crippen molar-refractivity contribution in [3.8, 4) is 11.5 Å². The van der Waals surface area contributed by atoms with E-state index in [0.717, 1.165) is 16.9 Å². The van der Waals surface area contributed by atoms with Crippen LogP contribution in [0.4, 0.5) is 0 Å². The summed E-state index contributed by atoms with van der Waals surface area (Å²) in [6.45, 7) is 0. The summed E-state index contributed by atoms with van der Waals surface area (Å²) in [5.74, 6) is 1.81. The molecule has 0 fully saturated rings. The van der Waals surface area contributed by atoms with E-state index in [0.29, 0.717) is 0 Å². The highest BCUT2D eigenvalue weighted by Crippen LogP contribution is 2.43. The standard InChI is InChI=1S/C17H15BrO2S/c1-19-14-8-7-13(11-5-3-4-6-12(11)14)16(18)17-15(20-2)9-10-21-17/h3-10,16H,1-2H3. The highest BCUT2D eigenvalue weighted by Gasteiger charge is 2.19. The van der Waals surface area contributed by atoms with Crippen molar-refractivity contribution < 1.29 is 9.47 Å². The maximum Gasteiger partial charge on any atom is 0.134 e. The number of ether oxygens (including phenoxy) is 2. The third kappa shape index (κ3) is 2.54. The lowest BCUT2D eigenvalue weighted by Crippen LogP contribution is -1.96. The normalized spacial score (nSPS) is 12.3. The molecule has 0 saturated heterocycles. The van der Waals surface area contributed by atoms with Crippen LogP contribution < -0.4 is 9.47 Å². The lowest BCUT2D eigenvalue weighted by atomic mass is 10.0. The molecule has 0 bridgehead atoms. The average molecular weight is 363 g/mol. The van der Waals surface area contributed by atoms with E-state index < -0.39 is 0 Å². The van der Waals surface area contributed by atoms with E-state index in [9.17, 15) is 0 Å². The zero-order valence-electron chi connectivity index (χ0n) is 11.8. The van der Waals surface area contributed by atoms with Gasteiger partial charge in [0.15, 0.2) is 0 Å². The van der Waals surface area contributed by atoms with Crippen LogP contribution in [0.15, 0.2) is 47.8 Å². The van der Waals surface area contributed by atoms with Gasteiger partial charge in [-0.3, -0.25) is 0 Å². The second kappa shape index (κ2) is 6.08. The van der Waals surface area contributed by atoms with Crippen LogP contribution in [0, 0.1) is 0 Å². The van der Waals surface area contributed by atoms with Gasteiger partial charge in [0.25, 0.3) is 0 Å². The molecule has 0 radical (unpaired) electrons. The lowest BCUT2D eigenvalue weighted by molar-refractivity contribution is 0.413. The summed E-state index contributed by atoms with van der Waals surface area (Å²) in [7, 11) is 3.41. The lowest BCUT2D eigenvalue weighted by Gasteiger charge is -2.15. The zero-order valence-corrected chi connectivity index (χ0v) is 14.2. The van der Waals surface area contributed by atoms with Gasteiger partial charge in [-0.25, -0.2) is 0 Å². The molecule has 3 aromatic rings. The molecule has 0 saturated carbocycles. The molecule has 1 aromatic heterocycles. The number of benzene rings is 2. The molecule has 108 valence electrons. The van der Waals surface area contributed by atoms with Crippen molar-refractivity contribution in [1.29, 1.82) is 0 Å². The molecule has 1 unspecified atom stereocenters. The summed E-state index contributed by atoms with van der Waals surface area (Å²) in [4.78, 5) is 1.27. The first-order valence-corrected chi connectivity index (χ1v) is 8.37. The van der Waals surface area contributed by atoms with Crippen LogP contribution in [0.3, 0.4) is 0 Å². The SMILES string of the molecule is COc1ccsc1C(Br)c1ccc(OC)c2ccccc12. The van der Waals surface area contributed by atoms with Gasteiger partial charge in [-0.15, -0.1) is 11.3 Å². The zero-order chi connectivity index (χ0) is 14.8. The fourth-order valence-corrected chi connectivity index (χ4v) is 4.30. The fraction of sp³-hybridized carbons (Fsp3) is 0.176. The molecule has 1 heterocycles. The van der Waals surface area contributed by atoms with Crippen molar-refractivity contribution >= 4 is 38.0 Å². The van der Waals surface area contributed by atoms with E-state index in [-0.39, 0.29) is 4.83 Å². The predicted octanol–water partition coefficient (Wildman–Crippen LogP) is 5.40. The number of fused-ring (bicyclic) bond motifs is 1. The second-order valence-electron chi connectivity index (χ2n) is 4.62. The highest BCUT2D eigenvalue weighted by molar-refractivity contribution is 9.09. The van der Waals surface area contributed by atoms with Crippen LogP contribution in [0.5, 0.6) is 11.5 Å². The van der Waals surface area contributed by atoms with Gasteiger partial charge in [-0.1, -0.05) is 46.3 Å². The number of alkyl halides is 1. The number of hydrogen-bond donors (Lipinski definition) is 0. The molecule has 2 nitrogen and oxygen atoms in total. The van der Waals surface area contributed by atoms with E-state index in [1.165, 1.54) is 15.8 Å². The summed E-state index contributed by atoms with van der Waals surface area (Å²) < 4.78 is 10.9. The Kier molecular flexibility index (Phi) is 4.17. The number of halogens is 1. The van der Waals surface area contributed by atoms with Crippen LogP contribution in [-0.4, -0.2) is 14.2 Å². The summed E-state index contributed by atoms with van der Waals surface area (Å²) >= 11 is 5.51. The monoisotopic (exact) mass is 362 g/mol. The molecule has 1 atom stereocenters. The Labute approximate surface area is 136 Å². The number of hydrogen-bond acceptors (Lipinski definition) is 3. The molecule has 3 rings (SSSR count). The topological polar surface area (TPSA) is 18.5 Å². The molecule has 0 amide bonds. The van der Waals surface area contributed by atoms with Crippen LogP contribution >= 0.6 is 27.3 Å². The van der Waals surface area contributed by atoms with Crippen molar-refractivity contribution in [3.05, 3.63) is 58.3 Å². The smallest absolute Gasteiger partial charge is 0.134 e. The van der Waals surface area contributed by atoms with E-state index in [2.05, 4.69) is 40.2 Å². The van der Waals surface area contributed by atoms with Gasteiger partial charge in [0.1, 0.15) is 11.5 Å². The molecule has 0 aliphatic rings. The van der Waals surface area contributed by atoms with E-state index >= 15 is 0 Å². The Balaban J connectivity index is 2.17. The minimum atomic E-state index is 0.100. The molecular weight excluding hydrogens is 348 g/mol. The molecule has 21 heavy (non-hydrogen) atoms. The van der Waals surface area contributed by atoms with Gasteiger partial charge in [-0.05, 0) is 28.5 Å². The Hall–Kier alpha value is -1.52. The van der Waals surface area contributed by atoms with Gasteiger partial charge >= 0.3 is 0 Å². The molecule has 0 spiro atoms. The predicted molar refractivity (Wildman–Crippen MR) is 92.1 cm³/mol. The minimum absolute atomic E-state index is 0.100. The number of rotatable bonds is 4. The first-order valence-electron chi connectivity index (χ1n) is 6.57. The molecule has 0 aliphatic heterocycles. The van der Waals surface area contributed by atoms with Crippen LogP contribution in [0.2, 0.25) is 0 Å². The molecule has 2 aromatic carbocycles. The molecule has 0 N–H and O–H groups in total. The number of methoxy groups -OCH3 is 2. The van der Waals surface area contributed by atoms with Crippen LogP contribution in [-0.2, 0) is 0 Å². The van der Waals surface area contributed by atoms with Gasteiger partial charge in [0.05, 0.1) is 23.9 Å². The summed E-state index contributed by atoms with van der Waals surface area (Å²) in [6, 6.07) is 14.4. The van der Waals surface area contributed by atoms with E-state index in [4.69, 9.17) is 9.47 Å². The Bertz CT molecular complexity index is 766. The van der Waals surface area contributed by atoms with Crippen molar-refractivity contribution in [2.45, 2.75) is 4.83 Å². The largest absolute Gasteiger partial charge is 0.496 e. The van der Waals surface area contributed by atoms with Crippen molar-refractivity contribution in [2.75, 3.05) is 14.2 Å². The van der Waals surface area contributed by atoms with Crippen LogP contribution in [0.1, 0.15) is 15.3 Å². The average Bonchev–Trinajstić information content (AvgIpc) is 3.01. The summed E-state index contributed by atoms with van der Waals surface area (Å²) in [5, 5.41) is 4.36.